The summed E-state index contributed by atoms with van der Waals surface area (Å²) in [5.74, 6) is 0.202. The Morgan fingerprint density at radius 1 is 1.50 bits per heavy atom. The van der Waals surface area contributed by atoms with E-state index in [1.165, 1.54) is 17.7 Å². The second-order valence-electron chi connectivity index (χ2n) is 5.82. The standard InChI is InChI=1S/C13H23N3O2/c1-4-13(3)11(17)16(12(18)15-13)8-9(2)7-14-10-5-6-10/h9-10,14H,4-8H2,1-3H3,(H,15,18). The number of urea groups is 1. The van der Waals surface area contributed by atoms with Gasteiger partial charge in [-0.15, -0.1) is 0 Å². The lowest BCUT2D eigenvalue weighted by Crippen LogP contribution is -2.43. The number of nitrogens with zero attached hydrogens (tertiary/aromatic N) is 1. The Morgan fingerprint density at radius 3 is 2.67 bits per heavy atom. The second kappa shape index (κ2) is 4.88. The number of imide groups is 1. The van der Waals surface area contributed by atoms with Crippen LogP contribution in [0.3, 0.4) is 0 Å². The van der Waals surface area contributed by atoms with Crippen LogP contribution >= 0.6 is 0 Å². The van der Waals surface area contributed by atoms with Crippen molar-refractivity contribution < 1.29 is 9.59 Å². The lowest BCUT2D eigenvalue weighted by Gasteiger charge is -2.21. The number of nitrogens with one attached hydrogen (secondary N) is 2. The highest BCUT2D eigenvalue weighted by Crippen LogP contribution is 2.22. The summed E-state index contributed by atoms with van der Waals surface area (Å²) < 4.78 is 0. The predicted molar refractivity (Wildman–Crippen MR) is 69.1 cm³/mol. The van der Waals surface area contributed by atoms with E-state index in [0.29, 0.717) is 24.9 Å². The van der Waals surface area contributed by atoms with Gasteiger partial charge in [-0.3, -0.25) is 9.69 Å². The molecule has 0 aromatic heterocycles. The predicted octanol–water partition coefficient (Wildman–Crippen LogP) is 1.09. The van der Waals surface area contributed by atoms with Gasteiger partial charge in [-0.2, -0.15) is 0 Å². The Bertz CT molecular complexity index is 354. The molecular formula is C13H23N3O2. The van der Waals surface area contributed by atoms with E-state index in [1.54, 1.807) is 6.92 Å². The molecule has 0 radical (unpaired) electrons. The smallest absolute Gasteiger partial charge is 0.323 e. The van der Waals surface area contributed by atoms with Crippen molar-refractivity contribution >= 4 is 11.9 Å². The highest BCUT2D eigenvalue weighted by Gasteiger charge is 2.46. The average Bonchev–Trinajstić information content (AvgIpc) is 3.12. The van der Waals surface area contributed by atoms with Crippen molar-refractivity contribution in [3.8, 4) is 0 Å². The van der Waals surface area contributed by atoms with Crippen molar-refractivity contribution in [2.75, 3.05) is 13.1 Å². The minimum atomic E-state index is -0.708. The number of hydrogen-bond donors (Lipinski definition) is 2. The normalized spacial score (nSPS) is 29.6. The van der Waals surface area contributed by atoms with Gasteiger partial charge >= 0.3 is 6.03 Å². The number of hydrogen-bond acceptors (Lipinski definition) is 3. The summed E-state index contributed by atoms with van der Waals surface area (Å²) in [6.07, 6.45) is 3.14. The van der Waals surface area contributed by atoms with E-state index < -0.39 is 5.54 Å². The molecular weight excluding hydrogens is 230 g/mol. The van der Waals surface area contributed by atoms with Crippen LogP contribution in [0.15, 0.2) is 0 Å². The molecule has 1 saturated heterocycles. The molecule has 3 amide bonds. The fourth-order valence-corrected chi connectivity index (χ4v) is 2.18. The van der Waals surface area contributed by atoms with Crippen molar-refractivity contribution in [1.29, 1.82) is 0 Å². The van der Waals surface area contributed by atoms with Crippen LogP contribution in [0, 0.1) is 5.92 Å². The van der Waals surface area contributed by atoms with Crippen LogP contribution in [-0.4, -0.2) is 41.5 Å². The van der Waals surface area contributed by atoms with E-state index in [4.69, 9.17) is 0 Å². The van der Waals surface area contributed by atoms with Gasteiger partial charge in [0.1, 0.15) is 5.54 Å². The summed E-state index contributed by atoms with van der Waals surface area (Å²) in [5.41, 5.74) is -0.708. The first kappa shape index (κ1) is 13.3. The van der Waals surface area contributed by atoms with E-state index >= 15 is 0 Å². The highest BCUT2D eigenvalue weighted by atomic mass is 16.2. The average molecular weight is 253 g/mol. The van der Waals surface area contributed by atoms with E-state index in [9.17, 15) is 9.59 Å². The SMILES string of the molecule is CCC1(C)NC(=O)N(CC(C)CNC2CC2)C1=O. The van der Waals surface area contributed by atoms with Crippen molar-refractivity contribution in [2.24, 2.45) is 5.92 Å². The fraction of sp³-hybridized carbons (Fsp3) is 0.846. The summed E-state index contributed by atoms with van der Waals surface area (Å²) in [5, 5.41) is 6.20. The summed E-state index contributed by atoms with van der Waals surface area (Å²) in [6.45, 7) is 7.14. The molecule has 5 nitrogen and oxygen atoms in total. The number of carbonyl (C=O) groups is 2. The van der Waals surface area contributed by atoms with Crippen LogP contribution < -0.4 is 10.6 Å². The molecule has 2 unspecified atom stereocenters. The Morgan fingerprint density at radius 2 is 2.17 bits per heavy atom. The van der Waals surface area contributed by atoms with E-state index in [0.717, 1.165) is 6.54 Å². The van der Waals surface area contributed by atoms with Crippen molar-refractivity contribution in [2.45, 2.75) is 51.6 Å². The molecule has 5 heteroatoms. The van der Waals surface area contributed by atoms with E-state index in [2.05, 4.69) is 17.6 Å². The highest BCUT2D eigenvalue weighted by molar-refractivity contribution is 6.06. The van der Waals surface area contributed by atoms with Gasteiger partial charge in [0.25, 0.3) is 5.91 Å². The molecule has 1 aliphatic heterocycles. The Hall–Kier alpha value is -1.10. The van der Waals surface area contributed by atoms with Crippen LogP contribution in [0.25, 0.3) is 0 Å². The second-order valence-corrected chi connectivity index (χ2v) is 5.82. The molecule has 0 aromatic rings. The maximum atomic E-state index is 12.2. The summed E-state index contributed by atoms with van der Waals surface area (Å²) in [7, 11) is 0. The first-order chi connectivity index (χ1) is 8.46. The first-order valence-electron chi connectivity index (χ1n) is 6.83. The molecule has 0 spiro atoms. The van der Waals surface area contributed by atoms with Crippen LogP contribution in [0.5, 0.6) is 0 Å². The van der Waals surface area contributed by atoms with Gasteiger partial charge < -0.3 is 10.6 Å². The summed E-state index contributed by atoms with van der Waals surface area (Å²) in [6, 6.07) is 0.416. The lowest BCUT2D eigenvalue weighted by molar-refractivity contribution is -0.131. The van der Waals surface area contributed by atoms with Crippen LogP contribution in [0.4, 0.5) is 4.79 Å². The lowest BCUT2D eigenvalue weighted by atomic mass is 9.99. The Kier molecular flexibility index (Phi) is 3.61. The molecule has 1 aliphatic carbocycles. The molecule has 2 atom stereocenters. The number of amides is 3. The molecule has 1 heterocycles. The zero-order chi connectivity index (χ0) is 13.3. The summed E-state index contributed by atoms with van der Waals surface area (Å²) >= 11 is 0. The van der Waals surface area contributed by atoms with Crippen molar-refractivity contribution in [1.82, 2.24) is 15.5 Å². The van der Waals surface area contributed by atoms with Crippen LogP contribution in [-0.2, 0) is 4.79 Å². The zero-order valence-electron chi connectivity index (χ0n) is 11.5. The van der Waals surface area contributed by atoms with Crippen molar-refractivity contribution in [3.63, 3.8) is 0 Å². The fourth-order valence-electron chi connectivity index (χ4n) is 2.18. The molecule has 2 aliphatic rings. The minimum absolute atomic E-state index is 0.0896. The van der Waals surface area contributed by atoms with E-state index in [-0.39, 0.29) is 11.9 Å². The maximum absolute atomic E-state index is 12.2. The Labute approximate surface area is 108 Å². The molecule has 1 saturated carbocycles. The summed E-state index contributed by atoms with van der Waals surface area (Å²) in [4.78, 5) is 25.4. The first-order valence-corrected chi connectivity index (χ1v) is 6.83. The minimum Gasteiger partial charge on any atom is -0.323 e. The number of carbonyl (C=O) groups excluding carboxylic acids is 2. The zero-order valence-corrected chi connectivity index (χ0v) is 11.5. The van der Waals surface area contributed by atoms with Gasteiger partial charge in [0.2, 0.25) is 0 Å². The maximum Gasteiger partial charge on any atom is 0.325 e. The van der Waals surface area contributed by atoms with Gasteiger partial charge in [0, 0.05) is 12.6 Å². The third-order valence-corrected chi connectivity index (χ3v) is 3.88. The molecule has 2 N–H and O–H groups in total. The molecule has 18 heavy (non-hydrogen) atoms. The molecule has 0 aromatic carbocycles. The monoisotopic (exact) mass is 253 g/mol. The molecule has 2 fully saturated rings. The third kappa shape index (κ3) is 2.66. The van der Waals surface area contributed by atoms with Gasteiger partial charge in [-0.25, -0.2) is 4.79 Å². The van der Waals surface area contributed by atoms with Crippen molar-refractivity contribution in [3.05, 3.63) is 0 Å². The number of rotatable bonds is 6. The Balaban J connectivity index is 1.87. The van der Waals surface area contributed by atoms with Crippen LogP contribution in [0.1, 0.15) is 40.0 Å². The van der Waals surface area contributed by atoms with Crippen LogP contribution in [0.2, 0.25) is 0 Å². The molecule has 0 bridgehead atoms. The van der Waals surface area contributed by atoms with Gasteiger partial charge in [-0.1, -0.05) is 13.8 Å². The quantitative estimate of drug-likeness (QED) is 0.697. The van der Waals surface area contributed by atoms with E-state index in [1.807, 2.05) is 6.92 Å². The van der Waals surface area contributed by atoms with Gasteiger partial charge in [0.05, 0.1) is 0 Å². The van der Waals surface area contributed by atoms with Gasteiger partial charge in [-0.05, 0) is 38.6 Å². The van der Waals surface area contributed by atoms with Gasteiger partial charge in [0.15, 0.2) is 0 Å². The molecule has 102 valence electrons. The third-order valence-electron chi connectivity index (χ3n) is 3.88. The molecule has 2 rings (SSSR count). The largest absolute Gasteiger partial charge is 0.325 e. The topological polar surface area (TPSA) is 61.4 Å².